The number of methoxy groups -OCH3 is 1. The molecule has 0 saturated carbocycles. The number of carbonyl (C=O) groups is 1. The van der Waals surface area contributed by atoms with E-state index in [1.807, 2.05) is 24.5 Å². The van der Waals surface area contributed by atoms with E-state index in [1.165, 1.54) is 11.8 Å². The Hall–Kier alpha value is -1.28. The van der Waals surface area contributed by atoms with E-state index in [1.54, 1.807) is 25.6 Å². The highest BCUT2D eigenvalue weighted by Gasteiger charge is 2.21. The molecular weight excluding hydrogens is 383 g/mol. The fourth-order valence-corrected chi connectivity index (χ4v) is 3.58. The molecule has 0 radical (unpaired) electrons. The molecule has 2 aromatic rings. The fourth-order valence-electron chi connectivity index (χ4n) is 2.15. The highest BCUT2D eigenvalue weighted by atomic mass is 35.5. The van der Waals surface area contributed by atoms with Crippen LogP contribution in [0.5, 0.6) is 0 Å². The molecule has 9 heteroatoms. The predicted octanol–water partition coefficient (Wildman–Crippen LogP) is 3.59. The number of thioether (sulfide) groups is 1. The summed E-state index contributed by atoms with van der Waals surface area (Å²) in [4.78, 5) is 12.5. The third kappa shape index (κ3) is 5.60. The molecule has 25 heavy (non-hydrogen) atoms. The van der Waals surface area contributed by atoms with Crippen LogP contribution in [0.3, 0.4) is 0 Å². The number of benzene rings is 1. The SMILES string of the molecule is COCCn1cnnc1SC(C)C(=O)NC(C)c1ccc(Cl)cc1Cl. The fraction of sp³-hybridized carbons (Fsp3) is 0.438. The van der Waals surface area contributed by atoms with Crippen LogP contribution in [0.1, 0.15) is 25.5 Å². The molecule has 0 aliphatic rings. The van der Waals surface area contributed by atoms with E-state index < -0.39 is 0 Å². The zero-order valence-electron chi connectivity index (χ0n) is 14.2. The standard InChI is InChI=1S/C16H20Cl2N4O2S/c1-10(13-5-4-12(17)8-14(13)18)20-15(23)11(2)25-16-21-19-9-22(16)6-7-24-3/h4-5,8-11H,6-7H2,1-3H3,(H,20,23). The molecule has 0 bridgehead atoms. The predicted molar refractivity (Wildman–Crippen MR) is 100 cm³/mol. The summed E-state index contributed by atoms with van der Waals surface area (Å²) >= 11 is 13.5. The number of amides is 1. The monoisotopic (exact) mass is 402 g/mol. The van der Waals surface area contributed by atoms with Gasteiger partial charge in [0.15, 0.2) is 5.16 Å². The van der Waals surface area contributed by atoms with E-state index in [0.717, 1.165) is 5.56 Å². The molecule has 1 N–H and O–H groups in total. The van der Waals surface area contributed by atoms with Crippen molar-refractivity contribution in [1.29, 1.82) is 0 Å². The van der Waals surface area contributed by atoms with Crippen molar-refractivity contribution in [2.75, 3.05) is 13.7 Å². The first-order valence-corrected chi connectivity index (χ1v) is 9.34. The van der Waals surface area contributed by atoms with Crippen LogP contribution < -0.4 is 5.32 Å². The summed E-state index contributed by atoms with van der Waals surface area (Å²) in [7, 11) is 1.64. The molecule has 2 unspecified atom stereocenters. The minimum absolute atomic E-state index is 0.107. The van der Waals surface area contributed by atoms with Crippen LogP contribution in [0, 0.1) is 0 Å². The van der Waals surface area contributed by atoms with Crippen LogP contribution >= 0.6 is 35.0 Å². The van der Waals surface area contributed by atoms with Crippen LogP contribution in [0.2, 0.25) is 10.0 Å². The number of nitrogens with zero attached hydrogens (tertiary/aromatic N) is 3. The summed E-state index contributed by atoms with van der Waals surface area (Å²) in [6.07, 6.45) is 1.63. The van der Waals surface area contributed by atoms with Crippen LogP contribution in [0.15, 0.2) is 29.7 Å². The van der Waals surface area contributed by atoms with Gasteiger partial charge in [-0.1, -0.05) is 41.0 Å². The molecule has 1 heterocycles. The Morgan fingerprint density at radius 2 is 2.16 bits per heavy atom. The number of hydrogen-bond donors (Lipinski definition) is 1. The maximum atomic E-state index is 12.5. The van der Waals surface area contributed by atoms with Gasteiger partial charge in [0.1, 0.15) is 6.33 Å². The van der Waals surface area contributed by atoms with Gasteiger partial charge in [0, 0.05) is 23.7 Å². The summed E-state index contributed by atoms with van der Waals surface area (Å²) in [6, 6.07) is 5.00. The summed E-state index contributed by atoms with van der Waals surface area (Å²) in [6.45, 7) is 4.90. The van der Waals surface area contributed by atoms with Crippen LogP contribution in [0.25, 0.3) is 0 Å². The second-order valence-electron chi connectivity index (χ2n) is 5.46. The highest BCUT2D eigenvalue weighted by molar-refractivity contribution is 8.00. The first-order valence-electron chi connectivity index (χ1n) is 7.71. The zero-order valence-corrected chi connectivity index (χ0v) is 16.5. The van der Waals surface area contributed by atoms with Crippen LogP contribution in [-0.4, -0.2) is 39.6 Å². The summed E-state index contributed by atoms with van der Waals surface area (Å²) in [5.74, 6) is -0.107. The molecule has 136 valence electrons. The largest absolute Gasteiger partial charge is 0.383 e. The average Bonchev–Trinajstić information content (AvgIpc) is 2.99. The van der Waals surface area contributed by atoms with Gasteiger partial charge >= 0.3 is 0 Å². The van der Waals surface area contributed by atoms with Crippen molar-refractivity contribution in [3.05, 3.63) is 40.1 Å². The van der Waals surface area contributed by atoms with Gasteiger partial charge < -0.3 is 14.6 Å². The number of aromatic nitrogens is 3. The van der Waals surface area contributed by atoms with Crippen molar-refractivity contribution >= 4 is 40.9 Å². The van der Waals surface area contributed by atoms with Gasteiger partial charge in [-0.15, -0.1) is 10.2 Å². The highest BCUT2D eigenvalue weighted by Crippen LogP contribution is 2.27. The van der Waals surface area contributed by atoms with E-state index >= 15 is 0 Å². The summed E-state index contributed by atoms with van der Waals surface area (Å²) in [5, 5.41) is 12.3. The van der Waals surface area contributed by atoms with Crippen molar-refractivity contribution in [1.82, 2.24) is 20.1 Å². The van der Waals surface area contributed by atoms with E-state index in [4.69, 9.17) is 27.9 Å². The maximum Gasteiger partial charge on any atom is 0.233 e. The number of carbonyl (C=O) groups excluding carboxylic acids is 1. The number of ether oxygens (including phenoxy) is 1. The minimum Gasteiger partial charge on any atom is -0.383 e. The smallest absolute Gasteiger partial charge is 0.233 e. The second kappa shape index (κ2) is 9.43. The van der Waals surface area contributed by atoms with Crippen molar-refractivity contribution < 1.29 is 9.53 Å². The van der Waals surface area contributed by atoms with Gasteiger partial charge in [0.2, 0.25) is 5.91 Å². The summed E-state index contributed by atoms with van der Waals surface area (Å²) < 4.78 is 6.92. The van der Waals surface area contributed by atoms with Gasteiger partial charge in [-0.3, -0.25) is 4.79 Å². The molecule has 0 fully saturated rings. The third-order valence-corrected chi connectivity index (χ3v) is 5.21. The maximum absolute atomic E-state index is 12.5. The Labute approximate surface area is 161 Å². The van der Waals surface area contributed by atoms with E-state index in [2.05, 4.69) is 15.5 Å². The van der Waals surface area contributed by atoms with Crippen LogP contribution in [0.4, 0.5) is 0 Å². The number of halogens is 2. The second-order valence-corrected chi connectivity index (χ2v) is 7.61. The van der Waals surface area contributed by atoms with Crippen molar-refractivity contribution in [2.24, 2.45) is 0 Å². The molecule has 2 atom stereocenters. The first kappa shape index (κ1) is 20.0. The molecule has 6 nitrogen and oxygen atoms in total. The molecule has 0 aliphatic heterocycles. The lowest BCUT2D eigenvalue weighted by Gasteiger charge is -2.18. The van der Waals surface area contributed by atoms with Crippen molar-refractivity contribution in [2.45, 2.75) is 36.8 Å². The quantitative estimate of drug-likeness (QED) is 0.683. The van der Waals surface area contributed by atoms with Gasteiger partial charge in [-0.2, -0.15) is 0 Å². The Morgan fingerprint density at radius 3 is 2.84 bits per heavy atom. The lowest BCUT2D eigenvalue weighted by atomic mass is 10.1. The van der Waals surface area contributed by atoms with Gasteiger partial charge in [0.05, 0.1) is 17.9 Å². The van der Waals surface area contributed by atoms with Gasteiger partial charge in [0.25, 0.3) is 0 Å². The minimum atomic E-state index is -0.334. The molecule has 1 aromatic heterocycles. The van der Waals surface area contributed by atoms with E-state index in [0.29, 0.717) is 28.4 Å². The van der Waals surface area contributed by atoms with E-state index in [-0.39, 0.29) is 17.2 Å². The lowest BCUT2D eigenvalue weighted by molar-refractivity contribution is -0.120. The zero-order chi connectivity index (χ0) is 18.4. The van der Waals surface area contributed by atoms with Crippen molar-refractivity contribution in [3.8, 4) is 0 Å². The van der Waals surface area contributed by atoms with Crippen LogP contribution in [-0.2, 0) is 16.1 Å². The Kier molecular flexibility index (Phi) is 7.56. The first-order chi connectivity index (χ1) is 11.9. The molecular formula is C16H20Cl2N4O2S. The Morgan fingerprint density at radius 1 is 1.40 bits per heavy atom. The molecule has 0 spiro atoms. The number of nitrogens with one attached hydrogen (secondary N) is 1. The molecule has 2 rings (SSSR count). The normalized spacial score (nSPS) is 13.5. The van der Waals surface area contributed by atoms with E-state index in [9.17, 15) is 4.79 Å². The number of rotatable bonds is 8. The molecule has 0 aliphatic carbocycles. The number of hydrogen-bond acceptors (Lipinski definition) is 5. The molecule has 0 saturated heterocycles. The Balaban J connectivity index is 1.97. The lowest BCUT2D eigenvalue weighted by Crippen LogP contribution is -2.33. The molecule has 1 amide bonds. The molecule has 1 aromatic carbocycles. The third-order valence-electron chi connectivity index (χ3n) is 3.56. The topological polar surface area (TPSA) is 69.0 Å². The average molecular weight is 403 g/mol. The Bertz CT molecular complexity index is 726. The summed E-state index contributed by atoms with van der Waals surface area (Å²) in [5.41, 5.74) is 0.819. The van der Waals surface area contributed by atoms with Gasteiger partial charge in [-0.05, 0) is 31.5 Å². The van der Waals surface area contributed by atoms with Crippen molar-refractivity contribution in [3.63, 3.8) is 0 Å². The van der Waals surface area contributed by atoms with Gasteiger partial charge in [-0.25, -0.2) is 0 Å².